The number of nitrogens with one attached hydrogen (secondary N) is 1. The quantitative estimate of drug-likeness (QED) is 0.846. The van der Waals surface area contributed by atoms with Crippen LogP contribution in [-0.4, -0.2) is 29.5 Å². The van der Waals surface area contributed by atoms with Gasteiger partial charge in [0.15, 0.2) is 11.6 Å². The zero-order chi connectivity index (χ0) is 14.2. The Bertz CT molecular complexity index is 543. The number of rotatable bonds is 3. The Hall–Kier alpha value is -2.11. The highest BCUT2D eigenvalue weighted by molar-refractivity contribution is 6.06. The third-order valence-corrected chi connectivity index (χ3v) is 3.00. The third kappa shape index (κ3) is 2.38. The Balaban J connectivity index is 2.20. The van der Waals surface area contributed by atoms with Crippen molar-refractivity contribution >= 4 is 11.9 Å². The van der Waals surface area contributed by atoms with Gasteiger partial charge in [0.1, 0.15) is 5.54 Å². The molecule has 1 aromatic carbocycles. The summed E-state index contributed by atoms with van der Waals surface area (Å²) in [5, 5.41) is 2.57. The maximum absolute atomic E-state index is 13.5. The number of benzene rings is 1. The number of nitrogens with zero attached hydrogens (tertiary/aromatic N) is 1. The maximum atomic E-state index is 13.5. The minimum absolute atomic E-state index is 0.0367. The summed E-state index contributed by atoms with van der Waals surface area (Å²) < 4.78 is 18.4. The van der Waals surface area contributed by atoms with Crippen LogP contribution >= 0.6 is 0 Å². The van der Waals surface area contributed by atoms with E-state index in [-0.39, 0.29) is 18.2 Å². The van der Waals surface area contributed by atoms with Crippen LogP contribution in [0, 0.1) is 5.82 Å². The fraction of sp³-hybridized carbons (Fsp3) is 0.385. The van der Waals surface area contributed by atoms with Gasteiger partial charge in [0.05, 0.1) is 13.7 Å². The number of carbonyl (C=O) groups is 2. The Morgan fingerprint density at radius 3 is 2.53 bits per heavy atom. The molecule has 6 heteroatoms. The van der Waals surface area contributed by atoms with E-state index in [1.807, 2.05) is 0 Å². The number of amides is 3. The number of methoxy groups -OCH3 is 1. The second kappa shape index (κ2) is 4.53. The number of hydrogen-bond donors (Lipinski definition) is 1. The highest BCUT2D eigenvalue weighted by Gasteiger charge is 2.44. The molecule has 19 heavy (non-hydrogen) atoms. The molecular weight excluding hydrogens is 251 g/mol. The van der Waals surface area contributed by atoms with Crippen molar-refractivity contribution in [2.75, 3.05) is 7.11 Å². The molecule has 0 saturated carbocycles. The second-order valence-electron chi connectivity index (χ2n) is 4.92. The number of ether oxygens (including phenoxy) is 1. The van der Waals surface area contributed by atoms with Crippen LogP contribution in [-0.2, 0) is 11.3 Å². The fourth-order valence-corrected chi connectivity index (χ4v) is 1.95. The van der Waals surface area contributed by atoms with Crippen LogP contribution in [0.25, 0.3) is 0 Å². The highest BCUT2D eigenvalue weighted by atomic mass is 19.1. The lowest BCUT2D eigenvalue weighted by Gasteiger charge is -2.16. The van der Waals surface area contributed by atoms with Crippen LogP contribution in [0.2, 0.25) is 0 Å². The number of imide groups is 1. The van der Waals surface area contributed by atoms with Crippen LogP contribution in [0.4, 0.5) is 9.18 Å². The molecule has 1 fully saturated rings. The molecule has 1 aliphatic heterocycles. The molecule has 1 aliphatic rings. The molecule has 0 aliphatic carbocycles. The third-order valence-electron chi connectivity index (χ3n) is 3.00. The summed E-state index contributed by atoms with van der Waals surface area (Å²) in [7, 11) is 1.37. The largest absolute Gasteiger partial charge is 0.494 e. The average molecular weight is 266 g/mol. The van der Waals surface area contributed by atoms with Crippen molar-refractivity contribution in [2.45, 2.75) is 25.9 Å². The second-order valence-corrected chi connectivity index (χ2v) is 4.92. The smallest absolute Gasteiger partial charge is 0.325 e. The minimum atomic E-state index is -0.915. The number of urea groups is 1. The van der Waals surface area contributed by atoms with Crippen molar-refractivity contribution in [3.8, 4) is 5.75 Å². The van der Waals surface area contributed by atoms with Gasteiger partial charge in [-0.25, -0.2) is 9.18 Å². The molecule has 3 amide bonds. The predicted molar refractivity (Wildman–Crippen MR) is 66.1 cm³/mol. The molecule has 5 nitrogen and oxygen atoms in total. The summed E-state index contributed by atoms with van der Waals surface area (Å²) in [6, 6.07) is 3.87. The summed E-state index contributed by atoms with van der Waals surface area (Å²) in [6.45, 7) is 3.29. The zero-order valence-corrected chi connectivity index (χ0v) is 11.0. The van der Waals surface area contributed by atoms with Gasteiger partial charge >= 0.3 is 6.03 Å². The molecule has 2 rings (SSSR count). The van der Waals surface area contributed by atoms with E-state index < -0.39 is 17.4 Å². The summed E-state index contributed by atoms with van der Waals surface area (Å²) >= 11 is 0. The van der Waals surface area contributed by atoms with Crippen LogP contribution < -0.4 is 10.1 Å². The lowest BCUT2D eigenvalue weighted by molar-refractivity contribution is -0.130. The molecule has 0 unspecified atom stereocenters. The fourth-order valence-electron chi connectivity index (χ4n) is 1.95. The van der Waals surface area contributed by atoms with E-state index in [0.29, 0.717) is 5.56 Å². The molecule has 0 aromatic heterocycles. The van der Waals surface area contributed by atoms with Gasteiger partial charge in [-0.3, -0.25) is 9.69 Å². The molecule has 0 bridgehead atoms. The van der Waals surface area contributed by atoms with E-state index in [4.69, 9.17) is 4.74 Å². The average Bonchev–Trinajstić information content (AvgIpc) is 2.52. The molecule has 1 saturated heterocycles. The Kier molecular flexibility index (Phi) is 3.18. The molecule has 1 heterocycles. The highest BCUT2D eigenvalue weighted by Crippen LogP contribution is 2.22. The maximum Gasteiger partial charge on any atom is 0.325 e. The predicted octanol–water partition coefficient (Wildman–Crippen LogP) is 1.66. The number of carbonyl (C=O) groups excluding carboxylic acids is 2. The molecule has 1 N–H and O–H groups in total. The summed E-state index contributed by atoms with van der Waals surface area (Å²) in [5.41, 5.74) is -0.387. The van der Waals surface area contributed by atoms with Crippen molar-refractivity contribution < 1.29 is 18.7 Å². The van der Waals surface area contributed by atoms with Crippen LogP contribution in [0.5, 0.6) is 5.75 Å². The lowest BCUT2D eigenvalue weighted by Crippen LogP contribution is -2.40. The summed E-state index contributed by atoms with van der Waals surface area (Å²) in [4.78, 5) is 24.7. The van der Waals surface area contributed by atoms with Gasteiger partial charge in [-0.15, -0.1) is 0 Å². The summed E-state index contributed by atoms with van der Waals surface area (Å²) in [5.74, 6) is -0.721. The van der Waals surface area contributed by atoms with E-state index in [0.717, 1.165) is 4.90 Å². The van der Waals surface area contributed by atoms with Gasteiger partial charge in [-0.2, -0.15) is 0 Å². The van der Waals surface area contributed by atoms with Crippen LogP contribution in [0.15, 0.2) is 18.2 Å². The molecular formula is C13H15FN2O3. The van der Waals surface area contributed by atoms with Crippen molar-refractivity contribution in [1.82, 2.24) is 10.2 Å². The number of halogens is 1. The molecule has 0 spiro atoms. The SMILES string of the molecule is COc1ccc(CN2C(=O)NC(C)(C)C2=O)cc1F. The zero-order valence-electron chi connectivity index (χ0n) is 11.0. The topological polar surface area (TPSA) is 58.6 Å². The van der Waals surface area contributed by atoms with Gasteiger partial charge in [0, 0.05) is 0 Å². The van der Waals surface area contributed by atoms with Crippen LogP contribution in [0.1, 0.15) is 19.4 Å². The molecule has 102 valence electrons. The Labute approximate surface area is 110 Å². The van der Waals surface area contributed by atoms with E-state index in [2.05, 4.69) is 5.32 Å². The first-order valence-electron chi connectivity index (χ1n) is 5.81. The standard InChI is InChI=1S/C13H15FN2O3/c1-13(2)11(17)16(12(18)15-13)7-8-4-5-10(19-3)9(14)6-8/h4-6H,7H2,1-3H3,(H,15,18). The molecule has 1 aromatic rings. The van der Waals surface area contributed by atoms with Crippen molar-refractivity contribution in [1.29, 1.82) is 0 Å². The Morgan fingerprint density at radius 1 is 1.37 bits per heavy atom. The van der Waals surface area contributed by atoms with Gasteiger partial charge in [-0.05, 0) is 31.5 Å². The van der Waals surface area contributed by atoms with E-state index in [1.165, 1.54) is 19.2 Å². The van der Waals surface area contributed by atoms with E-state index in [1.54, 1.807) is 19.9 Å². The minimum Gasteiger partial charge on any atom is -0.494 e. The monoisotopic (exact) mass is 266 g/mol. The first-order chi connectivity index (χ1) is 8.85. The number of hydrogen-bond acceptors (Lipinski definition) is 3. The molecule has 0 atom stereocenters. The first-order valence-corrected chi connectivity index (χ1v) is 5.81. The first kappa shape index (κ1) is 13.3. The van der Waals surface area contributed by atoms with Gasteiger partial charge in [-0.1, -0.05) is 6.07 Å². The van der Waals surface area contributed by atoms with Crippen LogP contribution in [0.3, 0.4) is 0 Å². The van der Waals surface area contributed by atoms with Gasteiger partial charge in [0.25, 0.3) is 5.91 Å². The van der Waals surface area contributed by atoms with Crippen molar-refractivity contribution in [3.63, 3.8) is 0 Å². The van der Waals surface area contributed by atoms with Gasteiger partial charge < -0.3 is 10.1 Å². The van der Waals surface area contributed by atoms with Crippen molar-refractivity contribution in [2.24, 2.45) is 0 Å². The van der Waals surface area contributed by atoms with E-state index >= 15 is 0 Å². The molecule has 0 radical (unpaired) electrons. The van der Waals surface area contributed by atoms with Gasteiger partial charge in [0.2, 0.25) is 0 Å². The van der Waals surface area contributed by atoms with Crippen molar-refractivity contribution in [3.05, 3.63) is 29.6 Å². The Morgan fingerprint density at radius 2 is 2.05 bits per heavy atom. The normalized spacial score (nSPS) is 17.6. The lowest BCUT2D eigenvalue weighted by atomic mass is 10.1. The summed E-state index contributed by atoms with van der Waals surface area (Å²) in [6.07, 6.45) is 0. The van der Waals surface area contributed by atoms with E-state index in [9.17, 15) is 14.0 Å².